The minimum absolute atomic E-state index is 0.159. The highest BCUT2D eigenvalue weighted by Gasteiger charge is 2.35. The summed E-state index contributed by atoms with van der Waals surface area (Å²) in [5.74, 6) is -0.151. The Morgan fingerprint density at radius 3 is 2.61 bits per heavy atom. The van der Waals surface area contributed by atoms with Crippen LogP contribution in [0.3, 0.4) is 0 Å². The second-order valence-electron chi connectivity index (χ2n) is 6.37. The van der Waals surface area contributed by atoms with Crippen molar-refractivity contribution in [1.29, 1.82) is 0 Å². The van der Waals surface area contributed by atoms with Crippen LogP contribution in [0, 0.1) is 11.7 Å². The molecular formula is C18H19FN2OS. The van der Waals surface area contributed by atoms with Gasteiger partial charge in [-0.25, -0.2) is 4.39 Å². The molecule has 0 aliphatic carbocycles. The largest absolute Gasteiger partial charge is 0.347 e. The normalized spacial score (nSPS) is 26.2. The monoisotopic (exact) mass is 330 g/mol. The summed E-state index contributed by atoms with van der Waals surface area (Å²) in [5.41, 5.74) is 0.943. The van der Waals surface area contributed by atoms with Gasteiger partial charge in [-0.05, 0) is 43.5 Å². The van der Waals surface area contributed by atoms with E-state index in [0.29, 0.717) is 5.92 Å². The summed E-state index contributed by atoms with van der Waals surface area (Å²) in [7, 11) is 0. The summed E-state index contributed by atoms with van der Waals surface area (Å²) in [6.45, 7) is 3.15. The summed E-state index contributed by atoms with van der Waals surface area (Å²) in [4.78, 5) is 15.9. The first kappa shape index (κ1) is 14.8. The summed E-state index contributed by atoms with van der Waals surface area (Å²) in [5, 5.41) is 3.06. The van der Waals surface area contributed by atoms with Crippen molar-refractivity contribution in [2.75, 3.05) is 19.6 Å². The van der Waals surface area contributed by atoms with E-state index in [4.69, 9.17) is 0 Å². The Morgan fingerprint density at radius 1 is 1.22 bits per heavy atom. The number of amides is 1. The standard InChI is InChI=1S/C18H19FN2OS/c19-14-10-16(13-4-2-1-3-5-13)23-17(14)18(22)20-15-11-21-8-6-12(15)7-9-21/h1-5,10,12,15H,6-9,11H2,(H,20,22). The Balaban J connectivity index is 1.52. The number of hydrogen-bond donors (Lipinski definition) is 1. The molecule has 1 atom stereocenters. The van der Waals surface area contributed by atoms with Gasteiger partial charge in [0.1, 0.15) is 10.7 Å². The topological polar surface area (TPSA) is 32.3 Å². The van der Waals surface area contributed by atoms with E-state index in [-0.39, 0.29) is 16.8 Å². The van der Waals surface area contributed by atoms with E-state index in [0.717, 1.165) is 42.9 Å². The van der Waals surface area contributed by atoms with E-state index < -0.39 is 5.82 Å². The van der Waals surface area contributed by atoms with Crippen molar-refractivity contribution in [1.82, 2.24) is 10.2 Å². The Bertz CT molecular complexity index is 707. The van der Waals surface area contributed by atoms with Crippen molar-refractivity contribution in [2.24, 2.45) is 5.92 Å². The SMILES string of the molecule is O=C(NC1CN2CCC1CC2)c1sc(-c2ccccc2)cc1F. The van der Waals surface area contributed by atoms with Gasteiger partial charge in [0.15, 0.2) is 0 Å². The zero-order valence-corrected chi connectivity index (χ0v) is 13.6. The second kappa shape index (κ2) is 6.06. The number of piperidine rings is 3. The number of halogens is 1. The molecule has 5 heteroatoms. The van der Waals surface area contributed by atoms with Crippen LogP contribution >= 0.6 is 11.3 Å². The molecule has 3 aliphatic heterocycles. The van der Waals surface area contributed by atoms with Crippen molar-refractivity contribution >= 4 is 17.2 Å². The van der Waals surface area contributed by atoms with E-state index in [2.05, 4.69) is 10.2 Å². The van der Waals surface area contributed by atoms with Crippen molar-refractivity contribution in [3.8, 4) is 10.4 Å². The molecule has 3 fully saturated rings. The minimum Gasteiger partial charge on any atom is -0.347 e. The van der Waals surface area contributed by atoms with Gasteiger partial charge in [-0.1, -0.05) is 30.3 Å². The maximum Gasteiger partial charge on any atom is 0.264 e. The van der Waals surface area contributed by atoms with Gasteiger partial charge in [0.25, 0.3) is 5.91 Å². The van der Waals surface area contributed by atoms with E-state index >= 15 is 0 Å². The number of hydrogen-bond acceptors (Lipinski definition) is 3. The molecule has 1 N–H and O–H groups in total. The number of carbonyl (C=O) groups excluding carboxylic acids is 1. The van der Waals surface area contributed by atoms with E-state index in [1.807, 2.05) is 30.3 Å². The number of rotatable bonds is 3. The Hall–Kier alpha value is -1.72. The smallest absolute Gasteiger partial charge is 0.264 e. The van der Waals surface area contributed by atoms with Gasteiger partial charge in [0.2, 0.25) is 0 Å². The highest BCUT2D eigenvalue weighted by Crippen LogP contribution is 2.32. The first-order valence-electron chi connectivity index (χ1n) is 8.08. The average Bonchev–Trinajstić information content (AvgIpc) is 2.99. The molecule has 0 radical (unpaired) electrons. The van der Waals surface area contributed by atoms with Gasteiger partial charge < -0.3 is 10.2 Å². The Labute approximate surface area is 139 Å². The van der Waals surface area contributed by atoms with Crippen LogP contribution in [0.15, 0.2) is 36.4 Å². The molecule has 1 unspecified atom stereocenters. The fourth-order valence-corrected chi connectivity index (χ4v) is 4.58. The first-order valence-corrected chi connectivity index (χ1v) is 8.90. The van der Waals surface area contributed by atoms with Crippen molar-refractivity contribution < 1.29 is 9.18 Å². The predicted octanol–water partition coefficient (Wildman–Crippen LogP) is 3.38. The summed E-state index contributed by atoms with van der Waals surface area (Å²) >= 11 is 1.23. The van der Waals surface area contributed by atoms with Gasteiger partial charge in [-0.15, -0.1) is 11.3 Å². The van der Waals surface area contributed by atoms with Gasteiger partial charge in [-0.2, -0.15) is 0 Å². The van der Waals surface area contributed by atoms with Gasteiger partial charge in [0.05, 0.1) is 0 Å². The second-order valence-corrected chi connectivity index (χ2v) is 7.42. The van der Waals surface area contributed by atoms with Crippen LogP contribution in [0.1, 0.15) is 22.5 Å². The lowest BCUT2D eigenvalue weighted by molar-refractivity contribution is 0.0621. The molecule has 3 saturated heterocycles. The van der Waals surface area contributed by atoms with Crippen LogP contribution in [0.25, 0.3) is 10.4 Å². The number of benzene rings is 1. The third kappa shape index (κ3) is 2.91. The lowest BCUT2D eigenvalue weighted by Gasteiger charge is -2.44. The van der Waals surface area contributed by atoms with Crippen LogP contribution in [0.2, 0.25) is 0 Å². The average molecular weight is 330 g/mol. The maximum absolute atomic E-state index is 14.2. The maximum atomic E-state index is 14.2. The number of thiophene rings is 1. The lowest BCUT2D eigenvalue weighted by Crippen LogP contribution is -2.57. The molecule has 3 nitrogen and oxygen atoms in total. The van der Waals surface area contributed by atoms with Crippen molar-refractivity contribution in [3.05, 3.63) is 47.1 Å². The van der Waals surface area contributed by atoms with Crippen LogP contribution in [-0.4, -0.2) is 36.5 Å². The summed E-state index contributed by atoms with van der Waals surface area (Å²) < 4.78 is 14.2. The number of carbonyl (C=O) groups is 1. The molecule has 1 aromatic carbocycles. The van der Waals surface area contributed by atoms with Crippen LogP contribution in [0.4, 0.5) is 4.39 Å². The molecule has 4 heterocycles. The number of nitrogens with zero attached hydrogens (tertiary/aromatic N) is 1. The van der Waals surface area contributed by atoms with Crippen molar-refractivity contribution in [3.63, 3.8) is 0 Å². The van der Waals surface area contributed by atoms with E-state index in [9.17, 15) is 9.18 Å². The fourth-order valence-electron chi connectivity index (χ4n) is 3.63. The third-order valence-electron chi connectivity index (χ3n) is 4.92. The molecule has 2 bridgehead atoms. The summed E-state index contributed by atoms with van der Waals surface area (Å²) in [6.07, 6.45) is 2.26. The molecule has 0 saturated carbocycles. The Morgan fingerprint density at radius 2 is 1.96 bits per heavy atom. The fraction of sp³-hybridized carbons (Fsp3) is 0.389. The van der Waals surface area contributed by atoms with Crippen LogP contribution in [-0.2, 0) is 0 Å². The number of nitrogens with one attached hydrogen (secondary N) is 1. The van der Waals surface area contributed by atoms with Crippen LogP contribution in [0.5, 0.6) is 0 Å². The highest BCUT2D eigenvalue weighted by molar-refractivity contribution is 7.17. The van der Waals surface area contributed by atoms with Gasteiger partial charge in [-0.3, -0.25) is 4.79 Å². The first-order chi connectivity index (χ1) is 11.2. The molecule has 3 aliphatic rings. The minimum atomic E-state index is -0.423. The zero-order chi connectivity index (χ0) is 15.8. The van der Waals surface area contributed by atoms with E-state index in [1.54, 1.807) is 0 Å². The molecule has 2 aromatic rings. The quantitative estimate of drug-likeness (QED) is 0.936. The van der Waals surface area contributed by atoms with Gasteiger partial charge in [0, 0.05) is 17.5 Å². The molecule has 23 heavy (non-hydrogen) atoms. The van der Waals surface area contributed by atoms with Crippen molar-refractivity contribution in [2.45, 2.75) is 18.9 Å². The van der Waals surface area contributed by atoms with Gasteiger partial charge >= 0.3 is 0 Å². The molecule has 1 amide bonds. The van der Waals surface area contributed by atoms with E-state index in [1.165, 1.54) is 17.4 Å². The molecule has 5 rings (SSSR count). The molecule has 0 spiro atoms. The zero-order valence-electron chi connectivity index (χ0n) is 12.8. The summed E-state index contributed by atoms with van der Waals surface area (Å²) in [6, 6.07) is 11.2. The highest BCUT2D eigenvalue weighted by atomic mass is 32.1. The molecule has 1 aromatic heterocycles. The third-order valence-corrected chi connectivity index (χ3v) is 6.08. The molecule has 120 valence electrons. The predicted molar refractivity (Wildman–Crippen MR) is 90.1 cm³/mol. The van der Waals surface area contributed by atoms with Crippen LogP contribution < -0.4 is 5.32 Å². The lowest BCUT2D eigenvalue weighted by atomic mass is 9.84. The number of fused-ring (bicyclic) bond motifs is 3. The molecular weight excluding hydrogens is 311 g/mol. The Kier molecular flexibility index (Phi) is 3.91.